The minimum absolute atomic E-state index is 0.0693. The van der Waals surface area contributed by atoms with Crippen molar-refractivity contribution in [2.45, 2.75) is 13.1 Å². The number of nitrogens with two attached hydrogens (primary N) is 4. The predicted molar refractivity (Wildman–Crippen MR) is 90.4 cm³/mol. The lowest BCUT2D eigenvalue weighted by molar-refractivity contribution is -0.121. The van der Waals surface area contributed by atoms with Gasteiger partial charge in [-0.3, -0.25) is 19.2 Å². The molecule has 0 bridgehead atoms. The van der Waals surface area contributed by atoms with Crippen LogP contribution in [0.5, 0.6) is 0 Å². The molecule has 12 heteroatoms. The number of nitrogens with one attached hydrogen (secondary N) is 4. The van der Waals surface area contributed by atoms with Crippen molar-refractivity contribution in [2.24, 2.45) is 28.3 Å². The van der Waals surface area contributed by atoms with Gasteiger partial charge in [0.25, 0.3) is 0 Å². The van der Waals surface area contributed by atoms with Gasteiger partial charge in [-0.2, -0.15) is 0 Å². The minimum atomic E-state index is -1.13. The highest BCUT2D eigenvalue weighted by Gasteiger charge is 2.38. The van der Waals surface area contributed by atoms with E-state index in [1.54, 1.807) is 0 Å². The van der Waals surface area contributed by atoms with Crippen LogP contribution in [0.2, 0.25) is 0 Å². The SMILES string of the molecule is CC(=O)NC(N)C(CNC(=O)CN)(CNC(=O)CN)CNC(=O)CN. The lowest BCUT2D eigenvalue weighted by atomic mass is 9.83. The summed E-state index contributed by atoms with van der Waals surface area (Å²) in [4.78, 5) is 45.9. The zero-order valence-electron chi connectivity index (χ0n) is 14.3. The van der Waals surface area contributed by atoms with Gasteiger partial charge in [-0.25, -0.2) is 0 Å². The quantitative estimate of drug-likeness (QED) is 0.166. The number of carbonyl (C=O) groups is 4. The molecule has 0 aromatic heterocycles. The molecule has 0 aliphatic rings. The molecule has 0 spiro atoms. The summed E-state index contributed by atoms with van der Waals surface area (Å²) in [5, 5.41) is 10.2. The molecule has 0 saturated heterocycles. The van der Waals surface area contributed by atoms with Crippen LogP contribution >= 0.6 is 0 Å². The molecule has 1 atom stereocenters. The van der Waals surface area contributed by atoms with Crippen molar-refractivity contribution in [3.63, 3.8) is 0 Å². The van der Waals surface area contributed by atoms with Crippen molar-refractivity contribution in [3.05, 3.63) is 0 Å². The first-order chi connectivity index (χ1) is 11.7. The zero-order valence-corrected chi connectivity index (χ0v) is 14.3. The monoisotopic (exact) mass is 360 g/mol. The molecule has 0 aromatic rings. The Hall–Kier alpha value is -2.28. The summed E-state index contributed by atoms with van der Waals surface area (Å²) < 4.78 is 0. The molecule has 144 valence electrons. The fourth-order valence-corrected chi connectivity index (χ4v) is 1.93. The molecule has 12 N–H and O–H groups in total. The van der Waals surface area contributed by atoms with Crippen LogP contribution in [0.4, 0.5) is 0 Å². The van der Waals surface area contributed by atoms with Gasteiger partial charge in [0.1, 0.15) is 0 Å². The van der Waals surface area contributed by atoms with Crippen molar-refractivity contribution in [2.75, 3.05) is 39.3 Å². The third kappa shape index (κ3) is 8.39. The van der Waals surface area contributed by atoms with Gasteiger partial charge in [-0.1, -0.05) is 0 Å². The van der Waals surface area contributed by atoms with Crippen molar-refractivity contribution in [1.29, 1.82) is 0 Å². The molecule has 12 nitrogen and oxygen atoms in total. The van der Waals surface area contributed by atoms with E-state index in [-0.39, 0.29) is 39.3 Å². The number of rotatable bonds is 11. The van der Waals surface area contributed by atoms with Gasteiger partial charge in [-0.05, 0) is 0 Å². The molecule has 1 unspecified atom stereocenters. The van der Waals surface area contributed by atoms with E-state index in [9.17, 15) is 19.2 Å². The van der Waals surface area contributed by atoms with Crippen LogP contribution in [0, 0.1) is 5.41 Å². The molecule has 0 aromatic carbocycles. The first-order valence-corrected chi connectivity index (χ1v) is 7.63. The van der Waals surface area contributed by atoms with Gasteiger partial charge < -0.3 is 44.2 Å². The Bertz CT molecular complexity index is 434. The van der Waals surface area contributed by atoms with Crippen LogP contribution in [0.1, 0.15) is 6.92 Å². The molecule has 0 heterocycles. The Balaban J connectivity index is 5.46. The highest BCUT2D eigenvalue weighted by molar-refractivity contribution is 5.79. The standard InChI is InChI=1S/C13H28N8O4/c1-8(22)21-12(17)13(5-18-9(23)2-14,6-19-10(24)3-15)7-20-11(25)4-16/h12H,2-7,14-17H2,1H3,(H,18,23)(H,19,24)(H,20,25)(H,21,22). The molecule has 0 rings (SSSR count). The Morgan fingerprint density at radius 3 is 1.36 bits per heavy atom. The number of amides is 4. The highest BCUT2D eigenvalue weighted by atomic mass is 16.2. The summed E-state index contributed by atoms with van der Waals surface area (Å²) in [7, 11) is 0. The van der Waals surface area contributed by atoms with Gasteiger partial charge in [0.15, 0.2) is 0 Å². The van der Waals surface area contributed by atoms with E-state index in [1.165, 1.54) is 6.92 Å². The van der Waals surface area contributed by atoms with Crippen LogP contribution < -0.4 is 44.2 Å². The summed E-state index contributed by atoms with van der Waals surface area (Å²) in [6.45, 7) is 0.294. The second kappa shape index (κ2) is 11.3. The van der Waals surface area contributed by atoms with Crippen LogP contribution in [0.3, 0.4) is 0 Å². The van der Waals surface area contributed by atoms with Gasteiger partial charge in [-0.15, -0.1) is 0 Å². The summed E-state index contributed by atoms with van der Waals surface area (Å²) in [6.07, 6.45) is -1.00. The van der Waals surface area contributed by atoms with E-state index in [2.05, 4.69) is 21.3 Å². The largest absolute Gasteiger partial charge is 0.354 e. The molecule has 0 fully saturated rings. The zero-order chi connectivity index (χ0) is 19.5. The average Bonchev–Trinajstić information content (AvgIpc) is 2.59. The van der Waals surface area contributed by atoms with Gasteiger partial charge in [0.2, 0.25) is 23.6 Å². The van der Waals surface area contributed by atoms with Crippen molar-refractivity contribution < 1.29 is 19.2 Å². The van der Waals surface area contributed by atoms with E-state index in [0.717, 1.165) is 0 Å². The third-order valence-electron chi connectivity index (χ3n) is 3.49. The Morgan fingerprint density at radius 1 is 0.800 bits per heavy atom. The van der Waals surface area contributed by atoms with E-state index in [4.69, 9.17) is 22.9 Å². The van der Waals surface area contributed by atoms with E-state index >= 15 is 0 Å². The maximum absolute atomic E-state index is 11.5. The van der Waals surface area contributed by atoms with Gasteiger partial charge >= 0.3 is 0 Å². The molecular formula is C13H28N8O4. The average molecular weight is 360 g/mol. The second-order valence-corrected chi connectivity index (χ2v) is 5.48. The summed E-state index contributed by atoms with van der Waals surface area (Å²) >= 11 is 0. The molecule has 4 amide bonds. The van der Waals surface area contributed by atoms with Crippen molar-refractivity contribution in [1.82, 2.24) is 21.3 Å². The maximum Gasteiger partial charge on any atom is 0.233 e. The molecular weight excluding hydrogens is 332 g/mol. The molecule has 0 radical (unpaired) electrons. The van der Waals surface area contributed by atoms with E-state index in [0.29, 0.717) is 0 Å². The van der Waals surface area contributed by atoms with Crippen LogP contribution in [0.15, 0.2) is 0 Å². The van der Waals surface area contributed by atoms with Crippen LogP contribution in [-0.2, 0) is 19.2 Å². The number of hydrogen-bond donors (Lipinski definition) is 8. The molecule has 0 aliphatic heterocycles. The van der Waals surface area contributed by atoms with E-state index in [1.807, 2.05) is 0 Å². The second-order valence-electron chi connectivity index (χ2n) is 5.48. The smallest absolute Gasteiger partial charge is 0.233 e. The summed E-state index contributed by atoms with van der Waals surface area (Å²) in [5.74, 6) is -1.81. The van der Waals surface area contributed by atoms with Gasteiger partial charge in [0.05, 0.1) is 31.2 Å². The third-order valence-corrected chi connectivity index (χ3v) is 3.49. The molecule has 25 heavy (non-hydrogen) atoms. The van der Waals surface area contributed by atoms with Crippen LogP contribution in [-0.4, -0.2) is 69.1 Å². The first-order valence-electron chi connectivity index (χ1n) is 7.63. The van der Waals surface area contributed by atoms with Crippen LogP contribution in [0.25, 0.3) is 0 Å². The summed E-state index contributed by atoms with van der Waals surface area (Å²) in [5.41, 5.74) is 20.7. The fraction of sp³-hybridized carbons (Fsp3) is 0.692. The topological polar surface area (TPSA) is 220 Å². The minimum Gasteiger partial charge on any atom is -0.354 e. The Kier molecular flexibility index (Phi) is 10.3. The predicted octanol–water partition coefficient (Wildman–Crippen LogP) is -5.38. The fourth-order valence-electron chi connectivity index (χ4n) is 1.93. The Morgan fingerprint density at radius 2 is 1.12 bits per heavy atom. The maximum atomic E-state index is 11.5. The lowest BCUT2D eigenvalue weighted by Crippen LogP contribution is -2.65. The highest BCUT2D eigenvalue weighted by Crippen LogP contribution is 2.17. The summed E-state index contributed by atoms with van der Waals surface area (Å²) in [6, 6.07) is 0. The Labute approximate surface area is 145 Å². The molecule has 0 aliphatic carbocycles. The van der Waals surface area contributed by atoms with Crippen molar-refractivity contribution >= 4 is 23.6 Å². The normalized spacial score (nSPS) is 12.0. The number of hydrogen-bond acceptors (Lipinski definition) is 8. The van der Waals surface area contributed by atoms with E-state index < -0.39 is 35.2 Å². The number of carbonyl (C=O) groups excluding carboxylic acids is 4. The lowest BCUT2D eigenvalue weighted by Gasteiger charge is -2.39. The van der Waals surface area contributed by atoms with Crippen molar-refractivity contribution in [3.8, 4) is 0 Å². The molecule has 0 saturated carbocycles. The first kappa shape index (κ1) is 22.7. The van der Waals surface area contributed by atoms with Gasteiger partial charge in [0, 0.05) is 26.6 Å².